The molecule has 3 heterocycles. The van der Waals surface area contributed by atoms with Crippen LogP contribution in [0.2, 0.25) is 0 Å². The van der Waals surface area contributed by atoms with Crippen LogP contribution in [0.5, 0.6) is 0 Å². The SMILES string of the molecule is S=C(Nc1ccccc1)N1CCCC2=C[C@H]3C[C@H](CN4CCCC[C@H]34)[C@@H]21. The summed E-state index contributed by atoms with van der Waals surface area (Å²) < 4.78 is 0. The molecular weight excluding hydrogens is 338 g/mol. The summed E-state index contributed by atoms with van der Waals surface area (Å²) in [4.78, 5) is 5.30. The lowest BCUT2D eigenvalue weighted by atomic mass is 9.68. The topological polar surface area (TPSA) is 18.5 Å². The fourth-order valence-electron chi connectivity index (χ4n) is 5.92. The number of nitrogens with zero attached hydrogens (tertiary/aromatic N) is 2. The van der Waals surface area contributed by atoms with Crippen molar-refractivity contribution >= 4 is 23.0 Å². The smallest absolute Gasteiger partial charge is 0.173 e. The molecule has 3 saturated heterocycles. The third-order valence-electron chi connectivity index (χ3n) is 6.94. The summed E-state index contributed by atoms with van der Waals surface area (Å²) >= 11 is 5.86. The zero-order valence-corrected chi connectivity index (χ0v) is 16.3. The molecule has 0 amide bonds. The first kappa shape index (κ1) is 16.8. The number of likely N-dealkylation sites (tertiary alicyclic amines) is 1. The van der Waals surface area contributed by atoms with Crippen LogP contribution < -0.4 is 5.32 Å². The van der Waals surface area contributed by atoms with Crippen molar-refractivity contribution in [2.24, 2.45) is 11.8 Å². The van der Waals surface area contributed by atoms with Crippen molar-refractivity contribution < 1.29 is 0 Å². The van der Waals surface area contributed by atoms with Gasteiger partial charge in [0.2, 0.25) is 0 Å². The maximum atomic E-state index is 5.86. The van der Waals surface area contributed by atoms with E-state index >= 15 is 0 Å². The van der Waals surface area contributed by atoms with Crippen LogP contribution in [-0.4, -0.2) is 46.6 Å². The predicted molar refractivity (Wildman–Crippen MR) is 111 cm³/mol. The average Bonchev–Trinajstić information content (AvgIpc) is 2.68. The van der Waals surface area contributed by atoms with E-state index in [2.05, 4.69) is 45.5 Å². The zero-order valence-electron chi connectivity index (χ0n) is 15.4. The largest absolute Gasteiger partial charge is 0.342 e. The number of piperidine rings is 3. The van der Waals surface area contributed by atoms with Gasteiger partial charge in [0.15, 0.2) is 5.11 Å². The van der Waals surface area contributed by atoms with Crippen molar-refractivity contribution in [3.63, 3.8) is 0 Å². The molecule has 4 atom stereocenters. The van der Waals surface area contributed by atoms with Crippen molar-refractivity contribution in [2.75, 3.05) is 25.0 Å². The molecule has 4 heteroatoms. The second kappa shape index (κ2) is 6.97. The number of hydrogen-bond donors (Lipinski definition) is 1. The Hall–Kier alpha value is -1.39. The molecule has 0 saturated carbocycles. The van der Waals surface area contributed by atoms with Crippen molar-refractivity contribution in [2.45, 2.75) is 50.6 Å². The summed E-state index contributed by atoms with van der Waals surface area (Å²) in [5, 5.41) is 4.40. The molecule has 1 aromatic carbocycles. The molecule has 1 aromatic rings. The van der Waals surface area contributed by atoms with Gasteiger partial charge in [0, 0.05) is 24.8 Å². The third kappa shape index (κ3) is 2.97. The molecule has 0 radical (unpaired) electrons. The minimum absolute atomic E-state index is 0.520. The van der Waals surface area contributed by atoms with Crippen molar-refractivity contribution in [1.82, 2.24) is 9.80 Å². The van der Waals surface area contributed by atoms with E-state index in [-0.39, 0.29) is 0 Å². The van der Waals surface area contributed by atoms with Crippen LogP contribution in [0.1, 0.15) is 38.5 Å². The molecule has 0 unspecified atom stereocenters. The van der Waals surface area contributed by atoms with E-state index in [1.54, 1.807) is 5.57 Å². The monoisotopic (exact) mass is 367 g/mol. The minimum atomic E-state index is 0.520. The van der Waals surface area contributed by atoms with E-state index in [4.69, 9.17) is 12.2 Å². The van der Waals surface area contributed by atoms with E-state index in [0.717, 1.165) is 35.2 Å². The molecule has 3 nitrogen and oxygen atoms in total. The summed E-state index contributed by atoms with van der Waals surface area (Å²) in [5.74, 6) is 1.53. The molecule has 26 heavy (non-hydrogen) atoms. The zero-order chi connectivity index (χ0) is 17.5. The lowest BCUT2D eigenvalue weighted by Gasteiger charge is -2.55. The first-order valence-electron chi connectivity index (χ1n) is 10.4. The predicted octanol–water partition coefficient (Wildman–Crippen LogP) is 4.28. The maximum Gasteiger partial charge on any atom is 0.173 e. The first-order valence-corrected chi connectivity index (χ1v) is 10.8. The fraction of sp³-hybridized carbons (Fsp3) is 0.591. The molecule has 3 aliphatic heterocycles. The Kier molecular flexibility index (Phi) is 4.49. The highest BCUT2D eigenvalue weighted by atomic mass is 32.1. The molecule has 0 spiro atoms. The van der Waals surface area contributed by atoms with Gasteiger partial charge in [0.1, 0.15) is 0 Å². The lowest BCUT2D eigenvalue weighted by Crippen LogP contribution is -2.60. The molecular formula is C22H29N3S. The summed E-state index contributed by atoms with van der Waals surface area (Å²) in [6.45, 7) is 3.67. The molecule has 1 N–H and O–H groups in total. The highest BCUT2D eigenvalue weighted by Crippen LogP contribution is 2.45. The van der Waals surface area contributed by atoms with E-state index in [9.17, 15) is 0 Å². The van der Waals surface area contributed by atoms with Crippen LogP contribution in [0.4, 0.5) is 5.69 Å². The number of para-hydroxylation sites is 1. The standard InChI is InChI=1S/C22H29N3S/c26-22(23-19-8-2-1-3-9-19)25-12-6-7-16-13-17-14-18(21(16)25)15-24-11-5-4-10-20(17)24/h1-3,8-9,13,17-18,20-21H,4-7,10-12,14-15H2,(H,23,26)/t17-,18+,20+,21+/m0/s1. The van der Waals surface area contributed by atoms with Crippen LogP contribution in [0.25, 0.3) is 0 Å². The molecule has 3 fully saturated rings. The van der Waals surface area contributed by atoms with Crippen LogP contribution in [-0.2, 0) is 0 Å². The average molecular weight is 368 g/mol. The number of anilines is 1. The summed E-state index contributed by atoms with van der Waals surface area (Å²) in [6, 6.07) is 11.7. The highest BCUT2D eigenvalue weighted by Gasteiger charge is 2.46. The van der Waals surface area contributed by atoms with Gasteiger partial charge in [-0.25, -0.2) is 0 Å². The van der Waals surface area contributed by atoms with Crippen molar-refractivity contribution in [1.29, 1.82) is 0 Å². The Labute approximate surface area is 162 Å². The number of benzene rings is 1. The molecule has 0 aromatic heterocycles. The number of nitrogens with one attached hydrogen (secondary N) is 1. The second-order valence-corrected chi connectivity index (χ2v) is 8.88. The van der Waals surface area contributed by atoms with Crippen molar-refractivity contribution in [3.8, 4) is 0 Å². The molecule has 4 aliphatic rings. The Morgan fingerprint density at radius 2 is 1.96 bits per heavy atom. The third-order valence-corrected chi connectivity index (χ3v) is 7.28. The fourth-order valence-corrected chi connectivity index (χ4v) is 6.24. The number of hydrogen-bond acceptors (Lipinski definition) is 2. The number of rotatable bonds is 1. The van der Waals surface area contributed by atoms with Gasteiger partial charge < -0.3 is 10.2 Å². The second-order valence-electron chi connectivity index (χ2n) is 8.50. The van der Waals surface area contributed by atoms with E-state index in [1.165, 1.54) is 51.6 Å². The quantitative estimate of drug-likeness (QED) is 0.590. The summed E-state index contributed by atoms with van der Waals surface area (Å²) in [6.07, 6.45) is 10.7. The lowest BCUT2D eigenvalue weighted by molar-refractivity contribution is 0.0132. The van der Waals surface area contributed by atoms with Gasteiger partial charge in [0.05, 0.1) is 6.04 Å². The number of fused-ring (bicyclic) bond motifs is 6. The Morgan fingerprint density at radius 3 is 2.85 bits per heavy atom. The summed E-state index contributed by atoms with van der Waals surface area (Å²) in [7, 11) is 0. The molecule has 2 bridgehead atoms. The van der Waals surface area contributed by atoms with Gasteiger partial charge in [-0.15, -0.1) is 0 Å². The maximum absolute atomic E-state index is 5.86. The van der Waals surface area contributed by atoms with Crippen molar-refractivity contribution in [3.05, 3.63) is 42.0 Å². The summed E-state index contributed by atoms with van der Waals surface area (Å²) in [5.41, 5.74) is 2.78. The molecule has 138 valence electrons. The van der Waals surface area contributed by atoms with Gasteiger partial charge in [0.25, 0.3) is 0 Å². The van der Waals surface area contributed by atoms with E-state index < -0.39 is 0 Å². The van der Waals surface area contributed by atoms with Gasteiger partial charge in [-0.2, -0.15) is 0 Å². The molecule has 5 rings (SSSR count). The highest BCUT2D eigenvalue weighted by molar-refractivity contribution is 7.80. The Morgan fingerprint density at radius 1 is 1.08 bits per heavy atom. The minimum Gasteiger partial charge on any atom is -0.342 e. The van der Waals surface area contributed by atoms with Gasteiger partial charge in [-0.05, 0) is 74.8 Å². The normalized spacial score (nSPS) is 33.7. The van der Waals surface area contributed by atoms with Gasteiger partial charge in [-0.3, -0.25) is 4.90 Å². The van der Waals surface area contributed by atoms with Gasteiger partial charge >= 0.3 is 0 Å². The Bertz CT molecular complexity index is 701. The van der Waals surface area contributed by atoms with Crippen LogP contribution in [0, 0.1) is 11.8 Å². The number of thiocarbonyl (C=S) groups is 1. The van der Waals surface area contributed by atoms with E-state index in [0.29, 0.717) is 6.04 Å². The van der Waals surface area contributed by atoms with Gasteiger partial charge in [-0.1, -0.05) is 36.3 Å². The van der Waals surface area contributed by atoms with Crippen LogP contribution in [0.15, 0.2) is 42.0 Å². The van der Waals surface area contributed by atoms with Crippen LogP contribution >= 0.6 is 12.2 Å². The van der Waals surface area contributed by atoms with Crippen LogP contribution in [0.3, 0.4) is 0 Å². The Balaban J connectivity index is 1.39. The first-order chi connectivity index (χ1) is 12.8. The molecule has 1 aliphatic carbocycles. The van der Waals surface area contributed by atoms with E-state index in [1.807, 2.05) is 6.07 Å².